The van der Waals surface area contributed by atoms with Crippen LogP contribution in [0.5, 0.6) is 0 Å². The van der Waals surface area contributed by atoms with Gasteiger partial charge in [0.15, 0.2) is 5.82 Å². The summed E-state index contributed by atoms with van der Waals surface area (Å²) >= 11 is 0. The molecule has 0 aliphatic heterocycles. The number of hydrazone groups is 1. The molecule has 1 aromatic carbocycles. The fraction of sp³-hybridized carbons (Fsp3) is 0.214. The summed E-state index contributed by atoms with van der Waals surface area (Å²) in [7, 11) is 0. The van der Waals surface area contributed by atoms with Crippen molar-refractivity contribution >= 4 is 11.5 Å². The smallest absolute Gasteiger partial charge is 0.171 e. The van der Waals surface area contributed by atoms with Crippen LogP contribution in [0.25, 0.3) is 11.3 Å². The summed E-state index contributed by atoms with van der Waals surface area (Å²) < 4.78 is 0. The molecule has 2 rings (SSSR count). The molecule has 1 heterocycles. The van der Waals surface area contributed by atoms with Crippen LogP contribution in [0.2, 0.25) is 0 Å². The van der Waals surface area contributed by atoms with Crippen molar-refractivity contribution in [2.24, 2.45) is 5.10 Å². The molecule has 1 N–H and O–H groups in total. The first-order valence-electron chi connectivity index (χ1n) is 5.83. The van der Waals surface area contributed by atoms with E-state index in [4.69, 9.17) is 0 Å². The zero-order valence-electron chi connectivity index (χ0n) is 10.8. The van der Waals surface area contributed by atoms with Crippen LogP contribution >= 0.6 is 0 Å². The lowest BCUT2D eigenvalue weighted by atomic mass is 10.1. The number of aryl methyl sites for hydroxylation is 1. The van der Waals surface area contributed by atoms with Crippen LogP contribution in [-0.4, -0.2) is 15.9 Å². The molecule has 0 unspecified atom stereocenters. The van der Waals surface area contributed by atoms with E-state index in [1.165, 1.54) is 0 Å². The molecule has 0 spiro atoms. The van der Waals surface area contributed by atoms with Gasteiger partial charge in [-0.3, -0.25) is 5.43 Å². The topological polar surface area (TPSA) is 50.2 Å². The van der Waals surface area contributed by atoms with Gasteiger partial charge in [0.25, 0.3) is 0 Å². The van der Waals surface area contributed by atoms with Gasteiger partial charge in [-0.2, -0.15) is 5.10 Å². The Hall–Kier alpha value is -2.23. The lowest BCUT2D eigenvalue weighted by Gasteiger charge is -2.06. The fourth-order valence-corrected chi connectivity index (χ4v) is 1.51. The van der Waals surface area contributed by atoms with E-state index in [2.05, 4.69) is 20.7 Å². The van der Waals surface area contributed by atoms with Gasteiger partial charge < -0.3 is 0 Å². The molecular weight excluding hydrogens is 224 g/mol. The zero-order chi connectivity index (χ0) is 13.0. The summed E-state index contributed by atoms with van der Waals surface area (Å²) in [6, 6.07) is 12.0. The van der Waals surface area contributed by atoms with Crippen LogP contribution in [0.1, 0.15) is 19.4 Å². The molecule has 92 valence electrons. The Morgan fingerprint density at radius 1 is 1.11 bits per heavy atom. The summed E-state index contributed by atoms with van der Waals surface area (Å²) in [5.41, 5.74) is 6.81. The fourth-order valence-electron chi connectivity index (χ4n) is 1.51. The second kappa shape index (κ2) is 5.40. The Balaban J connectivity index is 2.28. The molecule has 0 fully saturated rings. The number of nitrogens with one attached hydrogen (secondary N) is 1. The molecule has 0 radical (unpaired) electrons. The van der Waals surface area contributed by atoms with Gasteiger partial charge in [-0.15, -0.1) is 10.2 Å². The van der Waals surface area contributed by atoms with Crippen LogP contribution < -0.4 is 5.43 Å². The molecule has 0 saturated carbocycles. The highest BCUT2D eigenvalue weighted by molar-refractivity contribution is 5.79. The average Bonchev–Trinajstić information content (AvgIpc) is 2.38. The Kier molecular flexibility index (Phi) is 3.67. The Morgan fingerprint density at radius 3 is 2.44 bits per heavy atom. The molecule has 4 nitrogen and oxygen atoms in total. The van der Waals surface area contributed by atoms with E-state index in [0.29, 0.717) is 5.82 Å². The molecule has 0 bridgehead atoms. The van der Waals surface area contributed by atoms with Gasteiger partial charge in [0, 0.05) is 11.3 Å². The van der Waals surface area contributed by atoms with Crippen molar-refractivity contribution in [2.75, 3.05) is 5.43 Å². The van der Waals surface area contributed by atoms with Crippen LogP contribution in [0.3, 0.4) is 0 Å². The highest BCUT2D eigenvalue weighted by Gasteiger charge is 2.04. The van der Waals surface area contributed by atoms with E-state index >= 15 is 0 Å². The van der Waals surface area contributed by atoms with Crippen LogP contribution in [0, 0.1) is 6.92 Å². The number of aromatic nitrogens is 2. The van der Waals surface area contributed by atoms with Gasteiger partial charge in [-0.25, -0.2) is 0 Å². The number of benzene rings is 1. The normalized spacial score (nSPS) is 9.94. The van der Waals surface area contributed by atoms with Crippen molar-refractivity contribution < 1.29 is 0 Å². The molecule has 18 heavy (non-hydrogen) atoms. The monoisotopic (exact) mass is 240 g/mol. The van der Waals surface area contributed by atoms with E-state index in [1.807, 2.05) is 57.2 Å². The minimum Gasteiger partial charge on any atom is -0.260 e. The van der Waals surface area contributed by atoms with Gasteiger partial charge >= 0.3 is 0 Å². The van der Waals surface area contributed by atoms with Crippen molar-refractivity contribution in [3.63, 3.8) is 0 Å². The largest absolute Gasteiger partial charge is 0.260 e. The number of rotatable bonds is 3. The van der Waals surface area contributed by atoms with Gasteiger partial charge in [0.05, 0.1) is 5.69 Å². The third-order valence-corrected chi connectivity index (χ3v) is 2.44. The van der Waals surface area contributed by atoms with E-state index in [9.17, 15) is 0 Å². The number of nitrogens with zero attached hydrogens (tertiary/aromatic N) is 3. The predicted octanol–water partition coefficient (Wildman–Crippen LogP) is 3.26. The maximum absolute atomic E-state index is 4.21. The number of hydrogen-bond acceptors (Lipinski definition) is 4. The standard InChI is InChI=1S/C14H16N4/c1-10(2)15-17-14-11(3)9-13(16-18-14)12-7-5-4-6-8-12/h4-9H,1-3H3,(H,17,18). The first-order valence-corrected chi connectivity index (χ1v) is 5.83. The van der Waals surface area contributed by atoms with Crippen LogP contribution in [-0.2, 0) is 0 Å². The van der Waals surface area contributed by atoms with E-state index in [0.717, 1.165) is 22.5 Å². The third kappa shape index (κ3) is 2.91. The van der Waals surface area contributed by atoms with Crippen LogP contribution in [0.15, 0.2) is 41.5 Å². The molecule has 0 atom stereocenters. The third-order valence-electron chi connectivity index (χ3n) is 2.44. The second-order valence-electron chi connectivity index (χ2n) is 4.30. The lowest BCUT2D eigenvalue weighted by Crippen LogP contribution is -2.00. The van der Waals surface area contributed by atoms with E-state index in [-0.39, 0.29) is 0 Å². The Labute approximate surface area is 107 Å². The zero-order valence-corrected chi connectivity index (χ0v) is 10.8. The van der Waals surface area contributed by atoms with Crippen molar-refractivity contribution in [3.05, 3.63) is 42.0 Å². The van der Waals surface area contributed by atoms with Crippen molar-refractivity contribution in [3.8, 4) is 11.3 Å². The Morgan fingerprint density at radius 2 is 1.83 bits per heavy atom. The molecule has 4 heteroatoms. The van der Waals surface area contributed by atoms with E-state index < -0.39 is 0 Å². The molecule has 0 aliphatic rings. The lowest BCUT2D eigenvalue weighted by molar-refractivity contribution is 1.01. The number of anilines is 1. The summed E-state index contributed by atoms with van der Waals surface area (Å²) in [5, 5.41) is 12.5. The van der Waals surface area contributed by atoms with Gasteiger partial charge in [-0.05, 0) is 32.4 Å². The van der Waals surface area contributed by atoms with E-state index in [1.54, 1.807) is 0 Å². The van der Waals surface area contributed by atoms with Crippen LogP contribution in [0.4, 0.5) is 5.82 Å². The van der Waals surface area contributed by atoms with Gasteiger partial charge in [-0.1, -0.05) is 30.3 Å². The van der Waals surface area contributed by atoms with Crippen molar-refractivity contribution in [1.82, 2.24) is 10.2 Å². The summed E-state index contributed by atoms with van der Waals surface area (Å²) in [5.74, 6) is 0.691. The first-order chi connectivity index (χ1) is 8.66. The first kappa shape index (κ1) is 12.2. The predicted molar refractivity (Wildman–Crippen MR) is 74.6 cm³/mol. The molecule has 2 aromatic rings. The maximum atomic E-state index is 4.21. The minimum atomic E-state index is 0.691. The van der Waals surface area contributed by atoms with Gasteiger partial charge in [0.2, 0.25) is 0 Å². The quantitative estimate of drug-likeness (QED) is 0.661. The second-order valence-corrected chi connectivity index (χ2v) is 4.30. The summed E-state index contributed by atoms with van der Waals surface area (Å²) in [4.78, 5) is 0. The average molecular weight is 240 g/mol. The van der Waals surface area contributed by atoms with Crippen molar-refractivity contribution in [1.29, 1.82) is 0 Å². The minimum absolute atomic E-state index is 0.691. The maximum Gasteiger partial charge on any atom is 0.171 e. The molecule has 0 amide bonds. The molecule has 1 aromatic heterocycles. The van der Waals surface area contributed by atoms with Gasteiger partial charge in [0.1, 0.15) is 0 Å². The van der Waals surface area contributed by atoms with Crippen molar-refractivity contribution in [2.45, 2.75) is 20.8 Å². The highest BCUT2D eigenvalue weighted by atomic mass is 15.3. The Bertz CT molecular complexity index is 557. The molecular formula is C14H16N4. The molecule has 0 aliphatic carbocycles. The number of hydrogen-bond donors (Lipinski definition) is 1. The highest BCUT2D eigenvalue weighted by Crippen LogP contribution is 2.19. The summed E-state index contributed by atoms with van der Waals surface area (Å²) in [6.45, 7) is 5.84. The molecule has 0 saturated heterocycles. The SMILES string of the molecule is CC(C)=NNc1nnc(-c2ccccc2)cc1C. The summed E-state index contributed by atoms with van der Waals surface area (Å²) in [6.07, 6.45) is 0.